The maximum absolute atomic E-state index is 13.2. The Morgan fingerprint density at radius 2 is 2.04 bits per heavy atom. The smallest absolute Gasteiger partial charge is 0.281 e. The zero-order valence-electron chi connectivity index (χ0n) is 15.5. The van der Waals surface area contributed by atoms with Gasteiger partial charge in [0.1, 0.15) is 5.82 Å². The topological polar surface area (TPSA) is 84.4 Å². The van der Waals surface area contributed by atoms with Crippen LogP contribution in [0.4, 0.5) is 10.2 Å². The summed E-state index contributed by atoms with van der Waals surface area (Å²) in [6.45, 7) is 0. The van der Waals surface area contributed by atoms with Crippen LogP contribution in [0.1, 0.15) is 48.6 Å². The van der Waals surface area contributed by atoms with Gasteiger partial charge < -0.3 is 9.63 Å². The Hall–Kier alpha value is -3.16. The molecule has 1 saturated carbocycles. The van der Waals surface area contributed by atoms with Crippen LogP contribution in [0.3, 0.4) is 0 Å². The molecule has 0 saturated heterocycles. The second kappa shape index (κ2) is 7.46. The Morgan fingerprint density at radius 3 is 2.79 bits per heavy atom. The maximum Gasteiger partial charge on any atom is 0.281 e. The average Bonchev–Trinajstić information content (AvgIpc) is 3.39. The lowest BCUT2D eigenvalue weighted by Crippen LogP contribution is -2.30. The third kappa shape index (κ3) is 3.37. The van der Waals surface area contributed by atoms with Gasteiger partial charge in [-0.05, 0) is 31.0 Å². The van der Waals surface area contributed by atoms with E-state index in [-0.39, 0.29) is 17.4 Å². The van der Waals surface area contributed by atoms with Crippen molar-refractivity contribution >= 4 is 11.7 Å². The van der Waals surface area contributed by atoms with Gasteiger partial charge in [0.2, 0.25) is 0 Å². The quantitative estimate of drug-likeness (QED) is 0.730. The highest BCUT2D eigenvalue weighted by atomic mass is 19.1. The van der Waals surface area contributed by atoms with Crippen LogP contribution in [0.2, 0.25) is 0 Å². The molecule has 1 fully saturated rings. The highest BCUT2D eigenvalue weighted by Crippen LogP contribution is 2.31. The van der Waals surface area contributed by atoms with Crippen LogP contribution in [0.5, 0.6) is 5.75 Å². The van der Waals surface area contributed by atoms with E-state index in [0.717, 1.165) is 18.9 Å². The van der Waals surface area contributed by atoms with Gasteiger partial charge in [-0.25, -0.2) is 9.07 Å². The normalized spacial score (nSPS) is 14.9. The minimum atomic E-state index is -0.727. The van der Waals surface area contributed by atoms with E-state index in [0.29, 0.717) is 17.4 Å². The molecule has 0 spiro atoms. The van der Waals surface area contributed by atoms with Crippen LogP contribution in [-0.4, -0.2) is 33.0 Å². The van der Waals surface area contributed by atoms with E-state index >= 15 is 0 Å². The van der Waals surface area contributed by atoms with Gasteiger partial charge >= 0.3 is 0 Å². The monoisotopic (exact) mass is 384 g/mol. The highest BCUT2D eigenvalue weighted by Gasteiger charge is 2.25. The molecule has 0 unspecified atom stereocenters. The summed E-state index contributed by atoms with van der Waals surface area (Å²) in [6, 6.07) is 7.39. The Balaban J connectivity index is 1.56. The lowest BCUT2D eigenvalue weighted by Gasteiger charge is -2.26. The Morgan fingerprint density at radius 1 is 1.25 bits per heavy atom. The largest absolute Gasteiger partial charge is 0.505 e. The summed E-state index contributed by atoms with van der Waals surface area (Å²) in [4.78, 5) is 14.4. The van der Waals surface area contributed by atoms with E-state index < -0.39 is 11.6 Å². The third-order valence-electron chi connectivity index (χ3n) is 5.18. The molecule has 8 heteroatoms. The van der Waals surface area contributed by atoms with Crippen LogP contribution in [0, 0.1) is 5.82 Å². The van der Waals surface area contributed by atoms with E-state index in [1.54, 1.807) is 13.2 Å². The summed E-state index contributed by atoms with van der Waals surface area (Å²) >= 11 is 0. The predicted octanol–water partition coefficient (Wildman–Crippen LogP) is 4.16. The maximum atomic E-state index is 13.2. The molecule has 1 N–H and O–H groups in total. The van der Waals surface area contributed by atoms with Crippen molar-refractivity contribution in [2.45, 2.75) is 38.1 Å². The molecule has 146 valence electrons. The molecule has 0 aliphatic heterocycles. The standard InChI is InChI=1S/C20H21FN4O3/c1-24(19-9-10-22-25(19)14-5-3-2-4-6-14)20(27)16-12-18(28-23-16)13-7-8-15(21)17(26)11-13/h7-12,14,26H,2-6H2,1H3. The van der Waals surface area contributed by atoms with Gasteiger partial charge in [-0.1, -0.05) is 24.4 Å². The number of amides is 1. The molecule has 0 atom stereocenters. The molecule has 4 rings (SSSR count). The molecule has 1 aliphatic rings. The van der Waals surface area contributed by atoms with Gasteiger partial charge in [0.25, 0.3) is 5.91 Å². The second-order valence-electron chi connectivity index (χ2n) is 7.03. The third-order valence-corrected chi connectivity index (χ3v) is 5.18. The number of rotatable bonds is 4. The summed E-state index contributed by atoms with van der Waals surface area (Å²) < 4.78 is 20.4. The fourth-order valence-electron chi connectivity index (χ4n) is 3.63. The van der Waals surface area contributed by atoms with Gasteiger partial charge in [-0.3, -0.25) is 9.69 Å². The average molecular weight is 384 g/mol. The van der Waals surface area contributed by atoms with E-state index in [2.05, 4.69) is 10.3 Å². The molecule has 7 nitrogen and oxygen atoms in total. The molecular weight excluding hydrogens is 363 g/mol. The number of carbonyl (C=O) groups excluding carboxylic acids is 1. The molecule has 1 aromatic carbocycles. The number of hydrogen-bond acceptors (Lipinski definition) is 5. The number of hydrogen-bond donors (Lipinski definition) is 1. The zero-order valence-corrected chi connectivity index (χ0v) is 15.5. The fourth-order valence-corrected chi connectivity index (χ4v) is 3.63. The number of halogens is 1. The van der Waals surface area contributed by atoms with Crippen molar-refractivity contribution in [3.63, 3.8) is 0 Å². The molecule has 2 aromatic heterocycles. The van der Waals surface area contributed by atoms with Crippen molar-refractivity contribution in [1.29, 1.82) is 0 Å². The van der Waals surface area contributed by atoms with E-state index in [1.807, 2.05) is 10.7 Å². The molecule has 28 heavy (non-hydrogen) atoms. The van der Waals surface area contributed by atoms with Crippen LogP contribution < -0.4 is 4.90 Å². The van der Waals surface area contributed by atoms with E-state index in [9.17, 15) is 14.3 Å². The number of phenolic OH excluding ortho intramolecular Hbond substituents is 1. The van der Waals surface area contributed by atoms with Crippen molar-refractivity contribution in [1.82, 2.24) is 14.9 Å². The number of phenols is 1. The van der Waals surface area contributed by atoms with Crippen LogP contribution >= 0.6 is 0 Å². The SMILES string of the molecule is CN(C(=O)c1cc(-c2ccc(F)c(O)c2)on1)c1ccnn1C1CCCCC1. The number of benzene rings is 1. The zero-order chi connectivity index (χ0) is 19.7. The van der Waals surface area contributed by atoms with Crippen LogP contribution in [-0.2, 0) is 0 Å². The first-order valence-electron chi connectivity index (χ1n) is 9.32. The van der Waals surface area contributed by atoms with Gasteiger partial charge in [0, 0.05) is 24.7 Å². The molecular formula is C20H21FN4O3. The Bertz CT molecular complexity index is 991. The molecule has 1 amide bonds. The van der Waals surface area contributed by atoms with E-state index in [1.165, 1.54) is 42.4 Å². The predicted molar refractivity (Wildman–Crippen MR) is 101 cm³/mol. The van der Waals surface area contributed by atoms with Crippen LogP contribution in [0.25, 0.3) is 11.3 Å². The summed E-state index contributed by atoms with van der Waals surface area (Å²) in [5.74, 6) is -0.571. The second-order valence-corrected chi connectivity index (χ2v) is 7.03. The molecule has 0 radical (unpaired) electrons. The Labute approximate surface area is 161 Å². The van der Waals surface area contributed by atoms with Crippen molar-refractivity contribution in [2.75, 3.05) is 11.9 Å². The van der Waals surface area contributed by atoms with Crippen molar-refractivity contribution in [2.24, 2.45) is 0 Å². The number of carbonyl (C=O) groups is 1. The number of anilines is 1. The van der Waals surface area contributed by atoms with Crippen LogP contribution in [0.15, 0.2) is 41.1 Å². The first-order valence-corrected chi connectivity index (χ1v) is 9.32. The van der Waals surface area contributed by atoms with Crippen molar-refractivity contribution in [3.05, 3.63) is 48.0 Å². The molecule has 1 aliphatic carbocycles. The minimum Gasteiger partial charge on any atom is -0.505 e. The van der Waals surface area contributed by atoms with Gasteiger partial charge in [-0.15, -0.1) is 0 Å². The molecule has 3 aromatic rings. The van der Waals surface area contributed by atoms with Gasteiger partial charge in [0.05, 0.1) is 12.2 Å². The number of nitrogens with zero attached hydrogens (tertiary/aromatic N) is 4. The summed E-state index contributed by atoms with van der Waals surface area (Å²) in [6.07, 6.45) is 7.38. The lowest BCUT2D eigenvalue weighted by atomic mass is 9.96. The summed E-state index contributed by atoms with van der Waals surface area (Å²) in [5.41, 5.74) is 0.554. The van der Waals surface area contributed by atoms with Gasteiger partial charge in [0.15, 0.2) is 23.0 Å². The molecule has 0 bridgehead atoms. The first-order chi connectivity index (χ1) is 13.5. The highest BCUT2D eigenvalue weighted by molar-refractivity contribution is 6.04. The minimum absolute atomic E-state index is 0.123. The summed E-state index contributed by atoms with van der Waals surface area (Å²) in [5, 5.41) is 17.8. The van der Waals surface area contributed by atoms with Gasteiger partial charge in [-0.2, -0.15) is 5.10 Å². The lowest BCUT2D eigenvalue weighted by molar-refractivity contribution is 0.0982. The Kier molecular flexibility index (Phi) is 4.85. The van der Waals surface area contributed by atoms with Crippen molar-refractivity contribution in [3.8, 4) is 17.1 Å². The number of aromatic nitrogens is 3. The number of aromatic hydroxyl groups is 1. The van der Waals surface area contributed by atoms with Crippen molar-refractivity contribution < 1.29 is 18.8 Å². The fraction of sp³-hybridized carbons (Fsp3) is 0.350. The first kappa shape index (κ1) is 18.2. The summed E-state index contributed by atoms with van der Waals surface area (Å²) in [7, 11) is 1.68. The van der Waals surface area contributed by atoms with E-state index in [4.69, 9.17) is 4.52 Å². The molecule has 2 heterocycles.